The lowest BCUT2D eigenvalue weighted by atomic mass is 10.0. The van der Waals surface area contributed by atoms with E-state index >= 15 is 0 Å². The zero-order valence-electron chi connectivity index (χ0n) is 14.0. The number of hydrogen-bond donors (Lipinski definition) is 0. The first-order valence-corrected chi connectivity index (χ1v) is 8.74. The second-order valence-electron chi connectivity index (χ2n) is 5.91. The van der Waals surface area contributed by atoms with E-state index in [2.05, 4.69) is 41.4 Å². The summed E-state index contributed by atoms with van der Waals surface area (Å²) in [4.78, 5) is 1.51. The molecule has 0 unspecified atom stereocenters. The van der Waals surface area contributed by atoms with Gasteiger partial charge in [-0.1, -0.05) is 61.3 Å². The first-order chi connectivity index (χ1) is 12.0. The molecule has 0 radical (unpaired) electrons. The lowest BCUT2D eigenvalue weighted by Crippen LogP contribution is -2.11. The molecular weight excluding hydrogens is 359 g/mol. The average molecular weight is 377 g/mol. The number of hydrogen-bond acceptors (Lipinski definition) is 4. The molecule has 0 saturated heterocycles. The van der Waals surface area contributed by atoms with E-state index in [4.69, 9.17) is 27.9 Å². The van der Waals surface area contributed by atoms with Crippen molar-refractivity contribution in [3.05, 3.63) is 58.1 Å². The first kappa shape index (κ1) is 17.7. The van der Waals surface area contributed by atoms with E-state index in [0.717, 1.165) is 5.56 Å². The highest BCUT2D eigenvalue weighted by Crippen LogP contribution is 2.27. The lowest BCUT2D eigenvalue weighted by Gasteiger charge is -2.07. The maximum atomic E-state index is 6.07. The third kappa shape index (κ3) is 4.50. The Hall–Kier alpha value is -2.11. The van der Waals surface area contributed by atoms with Gasteiger partial charge >= 0.3 is 0 Å². The third-order valence-corrected chi connectivity index (χ3v) is 4.26. The highest BCUT2D eigenvalue weighted by atomic mass is 35.5. The highest BCUT2D eigenvalue weighted by Gasteiger charge is 2.08. The molecule has 0 atom stereocenters. The molecule has 3 rings (SSSR count). The van der Waals surface area contributed by atoms with Crippen LogP contribution in [0.4, 0.5) is 0 Å². The van der Waals surface area contributed by atoms with Crippen molar-refractivity contribution >= 4 is 23.2 Å². The third-order valence-electron chi connectivity index (χ3n) is 3.73. The first-order valence-electron chi connectivity index (χ1n) is 7.99. The largest absolute Gasteiger partial charge is 0.490 e. The van der Waals surface area contributed by atoms with Crippen molar-refractivity contribution in [1.82, 2.24) is 20.2 Å². The molecule has 0 aliphatic heterocycles. The standard InChI is InChI=1S/C18H18Cl2N4O/c1-12(2)13-3-5-14(6-4-13)18-21-23-24(22-18)9-10-25-17-8-7-15(19)11-16(17)20/h3-8,11-12H,9-10H2,1-2H3. The summed E-state index contributed by atoms with van der Waals surface area (Å²) in [7, 11) is 0. The molecule has 25 heavy (non-hydrogen) atoms. The van der Waals surface area contributed by atoms with Crippen LogP contribution in [0.5, 0.6) is 5.75 Å². The summed E-state index contributed by atoms with van der Waals surface area (Å²) in [6, 6.07) is 13.3. The molecule has 0 N–H and O–H groups in total. The fourth-order valence-corrected chi connectivity index (χ4v) is 2.76. The van der Waals surface area contributed by atoms with Gasteiger partial charge in [0.15, 0.2) is 0 Å². The molecule has 0 amide bonds. The SMILES string of the molecule is CC(C)c1ccc(-c2nnn(CCOc3ccc(Cl)cc3Cl)n2)cc1. The van der Waals surface area contributed by atoms with E-state index in [1.165, 1.54) is 10.4 Å². The van der Waals surface area contributed by atoms with Gasteiger partial charge in [-0.2, -0.15) is 4.80 Å². The van der Waals surface area contributed by atoms with Gasteiger partial charge in [-0.15, -0.1) is 10.2 Å². The number of aromatic nitrogens is 4. The topological polar surface area (TPSA) is 52.8 Å². The maximum absolute atomic E-state index is 6.07. The molecule has 130 valence electrons. The Morgan fingerprint density at radius 3 is 2.52 bits per heavy atom. The minimum Gasteiger partial charge on any atom is -0.490 e. The Kier molecular flexibility index (Phi) is 5.56. The Balaban J connectivity index is 1.60. The zero-order chi connectivity index (χ0) is 17.8. The number of halogens is 2. The number of benzene rings is 2. The van der Waals surface area contributed by atoms with E-state index in [1.807, 2.05) is 12.1 Å². The molecule has 0 saturated carbocycles. The Morgan fingerprint density at radius 1 is 1.08 bits per heavy atom. The summed E-state index contributed by atoms with van der Waals surface area (Å²) in [5.41, 5.74) is 2.22. The summed E-state index contributed by atoms with van der Waals surface area (Å²) in [5.74, 6) is 1.67. The molecule has 7 heteroatoms. The Bertz CT molecular complexity index is 847. The molecule has 0 fully saturated rings. The molecule has 2 aromatic carbocycles. The Labute approximate surface area is 156 Å². The van der Waals surface area contributed by atoms with Crippen molar-refractivity contribution in [2.24, 2.45) is 0 Å². The van der Waals surface area contributed by atoms with Crippen molar-refractivity contribution in [1.29, 1.82) is 0 Å². The minimum atomic E-state index is 0.378. The van der Waals surface area contributed by atoms with Crippen LogP contribution in [0.2, 0.25) is 10.0 Å². The zero-order valence-corrected chi connectivity index (χ0v) is 15.5. The van der Waals surface area contributed by atoms with Crippen LogP contribution in [0.1, 0.15) is 25.3 Å². The summed E-state index contributed by atoms with van der Waals surface area (Å²) >= 11 is 11.9. The van der Waals surface area contributed by atoms with E-state index in [9.17, 15) is 0 Å². The van der Waals surface area contributed by atoms with Crippen molar-refractivity contribution in [3.8, 4) is 17.1 Å². The van der Waals surface area contributed by atoms with Crippen molar-refractivity contribution < 1.29 is 4.74 Å². The molecule has 0 aliphatic rings. The van der Waals surface area contributed by atoms with E-state index in [1.54, 1.807) is 18.2 Å². The van der Waals surface area contributed by atoms with Gasteiger partial charge in [-0.25, -0.2) is 0 Å². The number of rotatable bonds is 6. The molecule has 0 bridgehead atoms. The molecule has 0 aliphatic carbocycles. The van der Waals surface area contributed by atoms with Gasteiger partial charge in [0.05, 0.1) is 11.6 Å². The van der Waals surface area contributed by atoms with Crippen LogP contribution >= 0.6 is 23.2 Å². The average Bonchev–Trinajstić information content (AvgIpc) is 3.06. The van der Waals surface area contributed by atoms with Gasteiger partial charge in [-0.05, 0) is 34.9 Å². The van der Waals surface area contributed by atoms with Crippen LogP contribution in [0, 0.1) is 0 Å². The maximum Gasteiger partial charge on any atom is 0.204 e. The second-order valence-corrected chi connectivity index (χ2v) is 6.75. The van der Waals surface area contributed by atoms with Crippen LogP contribution in [0.15, 0.2) is 42.5 Å². The fourth-order valence-electron chi connectivity index (χ4n) is 2.30. The summed E-state index contributed by atoms with van der Waals surface area (Å²) in [6.07, 6.45) is 0. The smallest absolute Gasteiger partial charge is 0.204 e. The van der Waals surface area contributed by atoms with Crippen LogP contribution in [-0.4, -0.2) is 26.8 Å². The Morgan fingerprint density at radius 2 is 1.84 bits per heavy atom. The molecule has 5 nitrogen and oxygen atoms in total. The van der Waals surface area contributed by atoms with Gasteiger partial charge in [0.1, 0.15) is 12.4 Å². The van der Waals surface area contributed by atoms with Crippen LogP contribution < -0.4 is 4.74 Å². The van der Waals surface area contributed by atoms with Gasteiger partial charge in [0, 0.05) is 10.6 Å². The monoisotopic (exact) mass is 376 g/mol. The number of nitrogens with zero attached hydrogens (tertiary/aromatic N) is 4. The lowest BCUT2D eigenvalue weighted by molar-refractivity contribution is 0.280. The predicted octanol–water partition coefficient (Wildman–Crippen LogP) is 4.85. The number of tetrazole rings is 1. The molecule has 0 spiro atoms. The summed E-state index contributed by atoms with van der Waals surface area (Å²) < 4.78 is 5.63. The van der Waals surface area contributed by atoms with Gasteiger partial charge in [-0.3, -0.25) is 0 Å². The van der Waals surface area contributed by atoms with Crippen LogP contribution in [0.25, 0.3) is 11.4 Å². The van der Waals surface area contributed by atoms with E-state index < -0.39 is 0 Å². The highest BCUT2D eigenvalue weighted by molar-refractivity contribution is 6.35. The van der Waals surface area contributed by atoms with Crippen LogP contribution in [0.3, 0.4) is 0 Å². The van der Waals surface area contributed by atoms with Crippen molar-refractivity contribution in [3.63, 3.8) is 0 Å². The van der Waals surface area contributed by atoms with Gasteiger partial charge < -0.3 is 4.74 Å². The number of ether oxygens (including phenoxy) is 1. The quantitative estimate of drug-likeness (QED) is 0.616. The summed E-state index contributed by atoms with van der Waals surface area (Å²) in [5, 5.41) is 13.6. The normalized spacial score (nSPS) is 11.1. The fraction of sp³-hybridized carbons (Fsp3) is 0.278. The van der Waals surface area contributed by atoms with Crippen molar-refractivity contribution in [2.75, 3.05) is 6.61 Å². The molecule has 1 aromatic heterocycles. The van der Waals surface area contributed by atoms with Crippen LogP contribution in [-0.2, 0) is 6.54 Å². The van der Waals surface area contributed by atoms with Crippen molar-refractivity contribution in [2.45, 2.75) is 26.3 Å². The molecule has 1 heterocycles. The van der Waals surface area contributed by atoms with Gasteiger partial charge in [0.25, 0.3) is 0 Å². The van der Waals surface area contributed by atoms with E-state index in [0.29, 0.717) is 40.7 Å². The van der Waals surface area contributed by atoms with E-state index in [-0.39, 0.29) is 0 Å². The van der Waals surface area contributed by atoms with Gasteiger partial charge in [0.2, 0.25) is 5.82 Å². The second kappa shape index (κ2) is 7.85. The summed E-state index contributed by atoms with van der Waals surface area (Å²) in [6.45, 7) is 5.17. The predicted molar refractivity (Wildman–Crippen MR) is 99.3 cm³/mol. The minimum absolute atomic E-state index is 0.378. The molecular formula is C18H18Cl2N4O. The molecule has 3 aromatic rings.